The normalized spacial score (nSPS) is 11.3. The van der Waals surface area contributed by atoms with Crippen molar-refractivity contribution in [3.63, 3.8) is 0 Å². The van der Waals surface area contributed by atoms with Crippen molar-refractivity contribution in [1.29, 1.82) is 0 Å². The van der Waals surface area contributed by atoms with Crippen molar-refractivity contribution in [2.75, 3.05) is 11.9 Å². The summed E-state index contributed by atoms with van der Waals surface area (Å²) in [5.41, 5.74) is 2.39. The van der Waals surface area contributed by atoms with Gasteiger partial charge < -0.3 is 5.32 Å². The molecule has 92 valence electrons. The molecule has 2 rings (SSSR count). The minimum Gasteiger partial charge on any atom is -0.361 e. The lowest BCUT2D eigenvalue weighted by Gasteiger charge is -2.11. The van der Waals surface area contributed by atoms with E-state index in [2.05, 4.69) is 49.3 Å². The third kappa shape index (κ3) is 2.97. The van der Waals surface area contributed by atoms with E-state index in [1.165, 1.54) is 23.1 Å². The van der Waals surface area contributed by atoms with Gasteiger partial charge >= 0.3 is 0 Å². The number of nitrogens with zero attached hydrogens (tertiary/aromatic N) is 1. The molecule has 2 aromatic rings. The Morgan fingerprint density at radius 3 is 2.76 bits per heavy atom. The number of nitrogens with one attached hydrogen (secondary N) is 1. The van der Waals surface area contributed by atoms with Crippen LogP contribution in [0.25, 0.3) is 10.2 Å². The smallest absolute Gasteiger partial charge is 0.183 e. The molecule has 0 saturated heterocycles. The highest BCUT2D eigenvalue weighted by molar-refractivity contribution is 7.22. The van der Waals surface area contributed by atoms with Crippen LogP contribution >= 0.6 is 11.3 Å². The van der Waals surface area contributed by atoms with Gasteiger partial charge in [0.05, 0.1) is 10.2 Å². The first-order valence-corrected chi connectivity index (χ1v) is 7.15. The van der Waals surface area contributed by atoms with Gasteiger partial charge in [-0.25, -0.2) is 4.98 Å². The molecule has 0 fully saturated rings. The van der Waals surface area contributed by atoms with Crippen LogP contribution in [0.5, 0.6) is 0 Å². The highest BCUT2D eigenvalue weighted by atomic mass is 32.1. The largest absolute Gasteiger partial charge is 0.361 e. The predicted molar refractivity (Wildman–Crippen MR) is 76.9 cm³/mol. The summed E-state index contributed by atoms with van der Waals surface area (Å²) < 4.78 is 1.27. The van der Waals surface area contributed by atoms with Crippen molar-refractivity contribution < 1.29 is 0 Å². The van der Waals surface area contributed by atoms with Gasteiger partial charge in [-0.3, -0.25) is 0 Å². The first-order chi connectivity index (χ1) is 8.22. The molecule has 0 spiro atoms. The lowest BCUT2D eigenvalue weighted by Crippen LogP contribution is -2.12. The maximum Gasteiger partial charge on any atom is 0.183 e. The van der Waals surface area contributed by atoms with Crippen LogP contribution in [0.2, 0.25) is 0 Å². The molecule has 1 N–H and O–H groups in total. The van der Waals surface area contributed by atoms with Crippen LogP contribution in [0.3, 0.4) is 0 Å². The Morgan fingerprint density at radius 2 is 2.06 bits per heavy atom. The summed E-state index contributed by atoms with van der Waals surface area (Å²) in [5.74, 6) is 0.753. The number of fused-ring (bicyclic) bond motifs is 1. The Morgan fingerprint density at radius 1 is 1.29 bits per heavy atom. The van der Waals surface area contributed by atoms with E-state index in [0.29, 0.717) is 0 Å². The van der Waals surface area contributed by atoms with E-state index in [1.807, 2.05) is 0 Å². The summed E-state index contributed by atoms with van der Waals surface area (Å²) in [5, 5.41) is 4.52. The molecule has 17 heavy (non-hydrogen) atoms. The van der Waals surface area contributed by atoms with Crippen LogP contribution < -0.4 is 5.32 Å². The van der Waals surface area contributed by atoms with Gasteiger partial charge in [-0.2, -0.15) is 0 Å². The number of aryl methyl sites for hydroxylation is 1. The summed E-state index contributed by atoms with van der Waals surface area (Å²) in [6, 6.07) is 6.45. The van der Waals surface area contributed by atoms with Gasteiger partial charge in [0.2, 0.25) is 0 Å². The minimum atomic E-state index is 0.753. The molecular weight excluding hydrogens is 228 g/mol. The fourth-order valence-electron chi connectivity index (χ4n) is 1.92. The molecule has 1 heterocycles. The van der Waals surface area contributed by atoms with Crippen LogP contribution in [0.15, 0.2) is 18.2 Å². The third-order valence-electron chi connectivity index (χ3n) is 3.24. The predicted octanol–water partition coefficient (Wildman–Crippen LogP) is 4.45. The zero-order valence-corrected chi connectivity index (χ0v) is 11.6. The summed E-state index contributed by atoms with van der Waals surface area (Å²) in [7, 11) is 0. The average molecular weight is 248 g/mol. The maximum absolute atomic E-state index is 4.62. The number of hydrogen-bond acceptors (Lipinski definition) is 3. The van der Waals surface area contributed by atoms with Crippen LogP contribution in [-0.4, -0.2) is 11.5 Å². The average Bonchev–Trinajstić information content (AvgIpc) is 2.72. The van der Waals surface area contributed by atoms with Crippen molar-refractivity contribution in [3.8, 4) is 0 Å². The van der Waals surface area contributed by atoms with E-state index < -0.39 is 0 Å². The number of benzene rings is 1. The van der Waals surface area contributed by atoms with Crippen LogP contribution in [-0.2, 0) is 0 Å². The maximum atomic E-state index is 4.62. The lowest BCUT2D eigenvalue weighted by atomic mass is 10.0. The van der Waals surface area contributed by atoms with Crippen LogP contribution in [0.4, 0.5) is 5.13 Å². The zero-order chi connectivity index (χ0) is 12.3. The monoisotopic (exact) mass is 248 g/mol. The molecule has 3 heteroatoms. The fraction of sp³-hybridized carbons (Fsp3) is 0.500. The third-order valence-corrected chi connectivity index (χ3v) is 4.23. The molecule has 0 unspecified atom stereocenters. The molecule has 2 nitrogen and oxygen atoms in total. The molecule has 0 radical (unpaired) electrons. The number of anilines is 1. The van der Waals surface area contributed by atoms with Gasteiger partial charge in [-0.1, -0.05) is 44.1 Å². The van der Waals surface area contributed by atoms with E-state index in [-0.39, 0.29) is 0 Å². The Labute approximate surface area is 107 Å². The molecule has 0 aliphatic rings. The second-order valence-electron chi connectivity index (χ2n) is 4.55. The fourth-order valence-corrected chi connectivity index (χ4v) is 2.78. The zero-order valence-electron chi connectivity index (χ0n) is 10.8. The SMILES string of the molecule is CCC(CC)CNc1nc2cc(C)ccc2s1. The number of aromatic nitrogens is 1. The highest BCUT2D eigenvalue weighted by Gasteiger charge is 2.06. The van der Waals surface area contributed by atoms with Crippen molar-refractivity contribution in [2.45, 2.75) is 33.6 Å². The van der Waals surface area contributed by atoms with Crippen LogP contribution in [0.1, 0.15) is 32.3 Å². The summed E-state index contributed by atoms with van der Waals surface area (Å²) >= 11 is 1.75. The number of thiazole rings is 1. The molecular formula is C14H20N2S. The molecule has 0 aliphatic heterocycles. The Bertz CT molecular complexity index is 486. The minimum absolute atomic E-state index is 0.753. The van der Waals surface area contributed by atoms with Crippen molar-refractivity contribution in [1.82, 2.24) is 4.98 Å². The molecule has 1 aromatic carbocycles. The van der Waals surface area contributed by atoms with E-state index in [0.717, 1.165) is 23.1 Å². The van der Waals surface area contributed by atoms with Gasteiger partial charge in [0.25, 0.3) is 0 Å². The molecule has 0 atom stereocenters. The molecule has 0 aliphatic carbocycles. The molecule has 0 saturated carbocycles. The van der Waals surface area contributed by atoms with Crippen molar-refractivity contribution >= 4 is 26.7 Å². The summed E-state index contributed by atoms with van der Waals surface area (Å²) in [6.45, 7) is 7.64. The Hall–Kier alpha value is -1.09. The quantitative estimate of drug-likeness (QED) is 0.845. The van der Waals surface area contributed by atoms with Crippen molar-refractivity contribution in [3.05, 3.63) is 23.8 Å². The molecule has 0 bridgehead atoms. The Balaban J connectivity index is 2.09. The van der Waals surface area contributed by atoms with E-state index in [4.69, 9.17) is 0 Å². The van der Waals surface area contributed by atoms with Gasteiger partial charge in [0, 0.05) is 6.54 Å². The van der Waals surface area contributed by atoms with E-state index in [9.17, 15) is 0 Å². The van der Waals surface area contributed by atoms with Crippen LogP contribution in [0, 0.1) is 12.8 Å². The van der Waals surface area contributed by atoms with Crippen molar-refractivity contribution in [2.24, 2.45) is 5.92 Å². The lowest BCUT2D eigenvalue weighted by molar-refractivity contribution is 0.519. The second-order valence-corrected chi connectivity index (χ2v) is 5.58. The van der Waals surface area contributed by atoms with E-state index in [1.54, 1.807) is 11.3 Å². The number of hydrogen-bond donors (Lipinski definition) is 1. The second kappa shape index (κ2) is 5.50. The molecule has 0 amide bonds. The van der Waals surface area contributed by atoms with Gasteiger partial charge in [0.15, 0.2) is 5.13 Å². The summed E-state index contributed by atoms with van der Waals surface area (Å²) in [4.78, 5) is 4.62. The Kier molecular flexibility index (Phi) is 4.00. The topological polar surface area (TPSA) is 24.9 Å². The number of rotatable bonds is 5. The first-order valence-electron chi connectivity index (χ1n) is 6.34. The van der Waals surface area contributed by atoms with Gasteiger partial charge in [0.1, 0.15) is 0 Å². The standard InChI is InChI=1S/C14H20N2S/c1-4-11(5-2)9-15-14-16-12-8-10(3)6-7-13(12)17-14/h6-8,11H,4-5,9H2,1-3H3,(H,15,16). The summed E-state index contributed by atoms with van der Waals surface area (Å²) in [6.07, 6.45) is 2.46. The van der Waals surface area contributed by atoms with Gasteiger partial charge in [-0.05, 0) is 30.5 Å². The van der Waals surface area contributed by atoms with E-state index >= 15 is 0 Å². The first kappa shape index (κ1) is 12.4. The molecule has 1 aromatic heterocycles. The van der Waals surface area contributed by atoms with Gasteiger partial charge in [-0.15, -0.1) is 0 Å². The highest BCUT2D eigenvalue weighted by Crippen LogP contribution is 2.26.